The minimum Gasteiger partial charge on any atom is -0.489 e. The van der Waals surface area contributed by atoms with Crippen LogP contribution in [0.3, 0.4) is 0 Å². The van der Waals surface area contributed by atoms with Crippen LogP contribution in [0.5, 0.6) is 17.2 Å². The molecule has 0 spiro atoms. The van der Waals surface area contributed by atoms with Crippen molar-refractivity contribution in [1.29, 1.82) is 0 Å². The summed E-state index contributed by atoms with van der Waals surface area (Å²) in [5.41, 5.74) is -1.70. The van der Waals surface area contributed by atoms with E-state index in [1.807, 2.05) is 0 Å². The van der Waals surface area contributed by atoms with E-state index < -0.39 is 122 Å². The highest BCUT2D eigenvalue weighted by Gasteiger charge is 2.40. The molecule has 44 heavy (non-hydrogen) atoms. The highest BCUT2D eigenvalue weighted by molar-refractivity contribution is 6.40. The fourth-order valence-corrected chi connectivity index (χ4v) is 4.87. The van der Waals surface area contributed by atoms with Crippen LogP contribution in [0.4, 0.5) is 48.3 Å². The molecule has 1 aliphatic carbocycles. The second kappa shape index (κ2) is 10.6. The van der Waals surface area contributed by atoms with Crippen LogP contribution in [0.2, 0.25) is 0 Å². The van der Waals surface area contributed by atoms with E-state index in [2.05, 4.69) is 0 Å². The first-order valence-electron chi connectivity index (χ1n) is 12.3. The van der Waals surface area contributed by atoms with E-state index in [-0.39, 0.29) is 5.56 Å². The molecular weight excluding hydrogens is 616 g/mol. The van der Waals surface area contributed by atoms with Crippen LogP contribution in [0.25, 0.3) is 21.9 Å². The molecule has 0 saturated heterocycles. The maximum Gasteiger partial charge on any atom is 0.864 e. The summed E-state index contributed by atoms with van der Waals surface area (Å²) in [4.78, 5) is 0. The van der Waals surface area contributed by atoms with Gasteiger partial charge in [0, 0.05) is 28.5 Å². The Morgan fingerprint density at radius 3 is 1.86 bits per heavy atom. The predicted octanol–water partition coefficient (Wildman–Crippen LogP) is 8.46. The zero-order valence-electron chi connectivity index (χ0n) is 21.3. The summed E-state index contributed by atoms with van der Waals surface area (Å²) in [5, 5.41) is -1.99. The average Bonchev–Trinajstić information content (AvgIpc) is 3.40. The first-order chi connectivity index (χ1) is 20.9. The molecule has 0 radical (unpaired) electrons. The molecule has 1 aliphatic rings. The third-order valence-corrected chi connectivity index (χ3v) is 6.81. The fraction of sp³-hybridized carbons (Fsp3) is 0.0345. The van der Waals surface area contributed by atoms with Crippen molar-refractivity contribution in [3.8, 4) is 28.4 Å². The van der Waals surface area contributed by atoms with Crippen LogP contribution in [0, 0.1) is 64.0 Å². The van der Waals surface area contributed by atoms with Crippen LogP contribution < -0.4 is 14.0 Å². The number of fused-ring (bicyclic) bond motifs is 4. The van der Waals surface area contributed by atoms with Gasteiger partial charge in [0.1, 0.15) is 17.3 Å². The van der Waals surface area contributed by atoms with Crippen molar-refractivity contribution in [1.82, 2.24) is 0 Å². The number of rotatable bonds is 6. The molecular formula is C29H10BF11O3. The monoisotopic (exact) mass is 626 g/mol. The number of hydrogen-bond acceptors (Lipinski definition) is 3. The Balaban J connectivity index is 1.53. The normalized spacial score (nSPS) is 11.9. The van der Waals surface area contributed by atoms with E-state index in [4.69, 9.17) is 14.0 Å². The SMILES string of the molecule is Fc1ccc(F)c(OB(Oc2c(F)c(F)c(F)c3c2Cc2cccc(F)c2-3)Oc2cccc3c(F)c(F)c(F)c(F)c23)c1F. The van der Waals surface area contributed by atoms with Crippen LogP contribution in [0.1, 0.15) is 11.1 Å². The van der Waals surface area contributed by atoms with E-state index in [9.17, 15) is 43.9 Å². The Hall–Kier alpha value is -4.95. The van der Waals surface area contributed by atoms with E-state index in [0.717, 1.165) is 24.3 Å². The van der Waals surface area contributed by atoms with Crippen molar-refractivity contribution in [3.05, 3.63) is 124 Å². The number of hydrogen-bond donors (Lipinski definition) is 0. The molecule has 0 aromatic heterocycles. The van der Waals surface area contributed by atoms with Crippen LogP contribution in [-0.2, 0) is 6.42 Å². The minimum absolute atomic E-state index is 0.0541. The summed E-state index contributed by atoms with van der Waals surface area (Å²) < 4.78 is 175. The van der Waals surface area contributed by atoms with Gasteiger partial charge in [-0.15, -0.1) is 0 Å². The summed E-state index contributed by atoms with van der Waals surface area (Å²) in [6.45, 7) is 0. The molecule has 0 unspecified atom stereocenters. The topological polar surface area (TPSA) is 27.7 Å². The maximum atomic E-state index is 15.2. The van der Waals surface area contributed by atoms with Crippen LogP contribution in [-0.4, -0.2) is 7.32 Å². The summed E-state index contributed by atoms with van der Waals surface area (Å²) >= 11 is 0. The summed E-state index contributed by atoms with van der Waals surface area (Å²) in [7, 11) is -2.78. The Kier molecular flexibility index (Phi) is 7.05. The molecule has 0 N–H and O–H groups in total. The lowest BCUT2D eigenvalue weighted by Gasteiger charge is -2.21. The van der Waals surface area contributed by atoms with Crippen LogP contribution in [0.15, 0.2) is 48.5 Å². The second-order valence-corrected chi connectivity index (χ2v) is 9.32. The zero-order valence-corrected chi connectivity index (χ0v) is 21.3. The molecule has 0 bridgehead atoms. The van der Waals surface area contributed by atoms with Gasteiger partial charge in [-0.2, -0.15) is 8.78 Å². The van der Waals surface area contributed by atoms with Crippen molar-refractivity contribution in [2.75, 3.05) is 0 Å². The van der Waals surface area contributed by atoms with E-state index in [1.165, 1.54) is 12.1 Å². The largest absolute Gasteiger partial charge is 0.864 e. The maximum absolute atomic E-state index is 15.2. The molecule has 0 saturated carbocycles. The average molecular weight is 626 g/mol. The van der Waals surface area contributed by atoms with Crippen molar-refractivity contribution < 1.29 is 62.3 Å². The highest BCUT2D eigenvalue weighted by atomic mass is 19.2. The van der Waals surface area contributed by atoms with Gasteiger partial charge in [-0.05, 0) is 29.8 Å². The molecule has 3 nitrogen and oxygen atoms in total. The molecule has 0 fully saturated rings. The van der Waals surface area contributed by atoms with Gasteiger partial charge >= 0.3 is 7.32 Å². The van der Waals surface area contributed by atoms with Gasteiger partial charge < -0.3 is 14.0 Å². The van der Waals surface area contributed by atoms with Crippen molar-refractivity contribution >= 4 is 18.1 Å². The third-order valence-electron chi connectivity index (χ3n) is 6.81. The van der Waals surface area contributed by atoms with Gasteiger partial charge in [0.25, 0.3) is 0 Å². The molecule has 0 atom stereocenters. The summed E-state index contributed by atoms with van der Waals surface area (Å²) in [5.74, 6) is -24.4. The van der Waals surface area contributed by atoms with Crippen LogP contribution >= 0.6 is 0 Å². The quantitative estimate of drug-likeness (QED) is 0.0804. The standard InChI is InChI=1S/C29H10BF11O3/c31-13-5-1-3-10-9-12-19(17(10)13)23(37)26(40)27(41)28(12)43-30(44-29-15(33)8-7-14(32)21(29)35)42-16-6-2-4-11-18(16)22(36)25(39)24(38)20(11)34/h1-8H,9H2. The highest BCUT2D eigenvalue weighted by Crippen LogP contribution is 2.47. The molecule has 5 aromatic carbocycles. The minimum atomic E-state index is -2.78. The smallest absolute Gasteiger partial charge is 0.489 e. The summed E-state index contributed by atoms with van der Waals surface area (Å²) in [6, 6.07) is 6.75. The first-order valence-corrected chi connectivity index (χ1v) is 12.3. The van der Waals surface area contributed by atoms with E-state index >= 15 is 4.39 Å². The molecule has 0 aliphatic heterocycles. The van der Waals surface area contributed by atoms with Crippen molar-refractivity contribution in [3.63, 3.8) is 0 Å². The first kappa shape index (κ1) is 29.1. The Morgan fingerprint density at radius 1 is 0.477 bits per heavy atom. The van der Waals surface area contributed by atoms with E-state index in [1.54, 1.807) is 0 Å². The molecule has 15 heteroatoms. The Labute approximate surface area is 239 Å². The lowest BCUT2D eigenvalue weighted by Crippen LogP contribution is -2.38. The van der Waals surface area contributed by atoms with Gasteiger partial charge in [0.2, 0.25) is 11.6 Å². The second-order valence-electron chi connectivity index (χ2n) is 9.32. The van der Waals surface area contributed by atoms with Gasteiger partial charge in [0.15, 0.2) is 52.3 Å². The van der Waals surface area contributed by atoms with Crippen molar-refractivity contribution in [2.24, 2.45) is 0 Å². The molecule has 224 valence electrons. The lowest BCUT2D eigenvalue weighted by molar-refractivity contribution is 0.280. The Morgan fingerprint density at radius 2 is 1.11 bits per heavy atom. The van der Waals surface area contributed by atoms with Gasteiger partial charge in [-0.1, -0.05) is 24.3 Å². The third kappa shape index (κ3) is 4.45. The molecule has 5 aromatic rings. The van der Waals surface area contributed by atoms with E-state index in [0.29, 0.717) is 12.1 Å². The van der Waals surface area contributed by atoms with Gasteiger partial charge in [-0.3, -0.25) is 0 Å². The molecule has 6 rings (SSSR count). The fourth-order valence-electron chi connectivity index (χ4n) is 4.87. The lowest BCUT2D eigenvalue weighted by atomic mass is 10.0. The number of halogens is 11. The zero-order chi connectivity index (χ0) is 31.6. The number of benzene rings is 5. The Bertz CT molecular complexity index is 2020. The predicted molar refractivity (Wildman–Crippen MR) is 132 cm³/mol. The molecule has 0 heterocycles. The van der Waals surface area contributed by atoms with Gasteiger partial charge in [0.05, 0.1) is 5.39 Å². The summed E-state index contributed by atoms with van der Waals surface area (Å²) in [6.07, 6.45) is -0.472. The van der Waals surface area contributed by atoms with Crippen molar-refractivity contribution in [2.45, 2.75) is 6.42 Å². The van der Waals surface area contributed by atoms with Gasteiger partial charge in [-0.25, -0.2) is 39.5 Å². The molecule has 0 amide bonds.